The second kappa shape index (κ2) is 9.10. The van der Waals surface area contributed by atoms with Gasteiger partial charge in [-0.1, -0.05) is 30.3 Å². The van der Waals surface area contributed by atoms with Gasteiger partial charge in [-0.15, -0.1) is 0 Å². The third-order valence-electron chi connectivity index (χ3n) is 4.92. The molecule has 0 aliphatic carbocycles. The van der Waals surface area contributed by atoms with Crippen molar-refractivity contribution in [2.45, 2.75) is 12.8 Å². The number of H-pyrrole nitrogens is 1. The number of nitrogens with zero attached hydrogens (tertiary/aromatic N) is 2. The van der Waals surface area contributed by atoms with Gasteiger partial charge in [0.1, 0.15) is 23.7 Å². The van der Waals surface area contributed by atoms with Crippen LogP contribution in [0.5, 0.6) is 5.75 Å². The van der Waals surface area contributed by atoms with Gasteiger partial charge in [0.05, 0.1) is 7.11 Å². The van der Waals surface area contributed by atoms with Crippen LogP contribution in [-0.4, -0.2) is 35.2 Å². The molecule has 6 heteroatoms. The highest BCUT2D eigenvalue weighted by molar-refractivity contribution is 5.83. The highest BCUT2D eigenvalue weighted by atomic mass is 16.5. The molecule has 0 radical (unpaired) electrons. The zero-order valence-corrected chi connectivity index (χ0v) is 16.5. The number of hydrogen-bond donors (Lipinski definition) is 3. The summed E-state index contributed by atoms with van der Waals surface area (Å²) in [5.74, 6) is 2.52. The Bertz CT molecular complexity index is 1060. The second-order valence-corrected chi connectivity index (χ2v) is 6.85. The van der Waals surface area contributed by atoms with E-state index >= 15 is 0 Å². The predicted octanol–water partition coefficient (Wildman–Crippen LogP) is 4.28. The molecular weight excluding hydrogens is 362 g/mol. The SMILES string of the molecule is COc1ccc(CCNc2cc(NCCc3c[nH]c4ccccc34)ncn2)cc1. The molecule has 0 amide bonds. The summed E-state index contributed by atoms with van der Waals surface area (Å²) >= 11 is 0. The fourth-order valence-corrected chi connectivity index (χ4v) is 3.34. The molecule has 0 spiro atoms. The van der Waals surface area contributed by atoms with Crippen LogP contribution in [0, 0.1) is 0 Å². The molecule has 0 saturated carbocycles. The van der Waals surface area contributed by atoms with Crippen LogP contribution in [0.2, 0.25) is 0 Å². The number of ether oxygens (including phenoxy) is 1. The molecule has 0 fully saturated rings. The van der Waals surface area contributed by atoms with Crippen LogP contribution < -0.4 is 15.4 Å². The summed E-state index contributed by atoms with van der Waals surface area (Å²) in [7, 11) is 1.68. The minimum absolute atomic E-state index is 0.804. The van der Waals surface area contributed by atoms with E-state index < -0.39 is 0 Å². The van der Waals surface area contributed by atoms with E-state index in [0.29, 0.717) is 0 Å². The topological polar surface area (TPSA) is 74.9 Å². The Morgan fingerprint density at radius 1 is 0.897 bits per heavy atom. The van der Waals surface area contributed by atoms with E-state index in [1.165, 1.54) is 22.0 Å². The largest absolute Gasteiger partial charge is 0.497 e. The van der Waals surface area contributed by atoms with E-state index in [9.17, 15) is 0 Å². The van der Waals surface area contributed by atoms with Crippen molar-refractivity contribution in [3.8, 4) is 5.75 Å². The monoisotopic (exact) mass is 387 g/mol. The predicted molar refractivity (Wildman–Crippen MR) is 118 cm³/mol. The summed E-state index contributed by atoms with van der Waals surface area (Å²) in [5, 5.41) is 8.03. The first-order valence-electron chi connectivity index (χ1n) is 9.79. The Balaban J connectivity index is 1.27. The number of anilines is 2. The van der Waals surface area contributed by atoms with Gasteiger partial charge >= 0.3 is 0 Å². The molecule has 2 aromatic heterocycles. The van der Waals surface area contributed by atoms with Crippen molar-refractivity contribution in [1.82, 2.24) is 15.0 Å². The lowest BCUT2D eigenvalue weighted by Gasteiger charge is -2.09. The van der Waals surface area contributed by atoms with Crippen molar-refractivity contribution in [1.29, 1.82) is 0 Å². The van der Waals surface area contributed by atoms with Gasteiger partial charge in [0.25, 0.3) is 0 Å². The average molecular weight is 387 g/mol. The van der Waals surface area contributed by atoms with Gasteiger partial charge in [-0.05, 0) is 42.2 Å². The number of hydrogen-bond acceptors (Lipinski definition) is 5. The minimum Gasteiger partial charge on any atom is -0.497 e. The zero-order chi connectivity index (χ0) is 19.9. The number of para-hydroxylation sites is 1. The maximum absolute atomic E-state index is 5.19. The van der Waals surface area contributed by atoms with Crippen LogP contribution in [-0.2, 0) is 12.8 Å². The lowest BCUT2D eigenvalue weighted by atomic mass is 10.1. The maximum Gasteiger partial charge on any atom is 0.131 e. The van der Waals surface area contributed by atoms with Crippen molar-refractivity contribution in [3.63, 3.8) is 0 Å². The van der Waals surface area contributed by atoms with Crippen molar-refractivity contribution in [2.24, 2.45) is 0 Å². The first kappa shape index (κ1) is 18.8. The molecule has 2 heterocycles. The molecule has 0 aliphatic heterocycles. The summed E-state index contributed by atoms with van der Waals surface area (Å²) < 4.78 is 5.19. The Morgan fingerprint density at radius 2 is 1.62 bits per heavy atom. The summed E-state index contributed by atoms with van der Waals surface area (Å²) in [5.41, 5.74) is 3.73. The normalized spacial score (nSPS) is 10.8. The molecule has 3 N–H and O–H groups in total. The van der Waals surface area contributed by atoms with Crippen LogP contribution in [0.3, 0.4) is 0 Å². The molecule has 29 heavy (non-hydrogen) atoms. The molecule has 6 nitrogen and oxygen atoms in total. The summed E-state index contributed by atoms with van der Waals surface area (Å²) in [6.45, 7) is 1.61. The second-order valence-electron chi connectivity index (χ2n) is 6.85. The number of rotatable bonds is 9. The van der Waals surface area contributed by atoms with Gasteiger partial charge in [-0.25, -0.2) is 9.97 Å². The molecule has 148 valence electrons. The Labute approximate surface area is 170 Å². The van der Waals surface area contributed by atoms with Crippen molar-refractivity contribution >= 4 is 22.5 Å². The molecule has 0 atom stereocenters. The van der Waals surface area contributed by atoms with E-state index in [0.717, 1.165) is 43.3 Å². The van der Waals surface area contributed by atoms with Crippen LogP contribution in [0.4, 0.5) is 11.6 Å². The molecule has 0 bridgehead atoms. The quantitative estimate of drug-likeness (QED) is 0.400. The fraction of sp³-hybridized carbons (Fsp3) is 0.217. The summed E-state index contributed by atoms with van der Waals surface area (Å²) in [6.07, 6.45) is 5.51. The smallest absolute Gasteiger partial charge is 0.131 e. The minimum atomic E-state index is 0.804. The summed E-state index contributed by atoms with van der Waals surface area (Å²) in [4.78, 5) is 12.0. The molecule has 4 aromatic rings. The molecule has 0 aliphatic rings. The van der Waals surface area contributed by atoms with Crippen LogP contribution >= 0.6 is 0 Å². The van der Waals surface area contributed by atoms with Gasteiger partial charge in [0, 0.05) is 36.3 Å². The Kier molecular flexibility index (Phi) is 5.90. The average Bonchev–Trinajstić information content (AvgIpc) is 3.18. The molecule has 4 rings (SSSR count). The van der Waals surface area contributed by atoms with E-state index in [4.69, 9.17) is 4.74 Å². The maximum atomic E-state index is 5.19. The number of methoxy groups -OCH3 is 1. The van der Waals surface area contributed by atoms with Crippen molar-refractivity contribution < 1.29 is 4.74 Å². The van der Waals surface area contributed by atoms with Gasteiger partial charge in [0.2, 0.25) is 0 Å². The molecule has 2 aromatic carbocycles. The summed E-state index contributed by atoms with van der Waals surface area (Å²) in [6, 6.07) is 18.4. The number of fused-ring (bicyclic) bond motifs is 1. The van der Waals surface area contributed by atoms with Crippen LogP contribution in [0.15, 0.2) is 67.1 Å². The first-order chi connectivity index (χ1) is 14.3. The van der Waals surface area contributed by atoms with E-state index in [-0.39, 0.29) is 0 Å². The van der Waals surface area contributed by atoms with E-state index in [2.05, 4.69) is 62.1 Å². The van der Waals surface area contributed by atoms with Gasteiger partial charge in [-0.2, -0.15) is 0 Å². The van der Waals surface area contributed by atoms with E-state index in [1.54, 1.807) is 13.4 Å². The van der Waals surface area contributed by atoms with Crippen molar-refractivity contribution in [2.75, 3.05) is 30.8 Å². The third kappa shape index (κ3) is 4.85. The van der Waals surface area contributed by atoms with Gasteiger partial charge in [0.15, 0.2) is 0 Å². The number of nitrogens with one attached hydrogen (secondary N) is 3. The lowest BCUT2D eigenvalue weighted by Crippen LogP contribution is -2.09. The molecule has 0 saturated heterocycles. The number of aromatic nitrogens is 3. The number of benzene rings is 2. The van der Waals surface area contributed by atoms with E-state index in [1.807, 2.05) is 24.3 Å². The number of aromatic amines is 1. The molecular formula is C23H25N5O. The van der Waals surface area contributed by atoms with Gasteiger partial charge < -0.3 is 20.4 Å². The fourth-order valence-electron chi connectivity index (χ4n) is 3.34. The Hall–Kier alpha value is -3.54. The lowest BCUT2D eigenvalue weighted by molar-refractivity contribution is 0.414. The van der Waals surface area contributed by atoms with Crippen LogP contribution in [0.1, 0.15) is 11.1 Å². The highest BCUT2D eigenvalue weighted by Gasteiger charge is 2.04. The van der Waals surface area contributed by atoms with Crippen molar-refractivity contribution in [3.05, 3.63) is 78.2 Å². The van der Waals surface area contributed by atoms with Gasteiger partial charge in [-0.3, -0.25) is 0 Å². The zero-order valence-electron chi connectivity index (χ0n) is 16.5. The molecule has 0 unspecified atom stereocenters. The highest BCUT2D eigenvalue weighted by Crippen LogP contribution is 2.18. The third-order valence-corrected chi connectivity index (χ3v) is 4.92. The van der Waals surface area contributed by atoms with Crippen LogP contribution in [0.25, 0.3) is 10.9 Å². The first-order valence-corrected chi connectivity index (χ1v) is 9.79. The standard InChI is InChI=1S/C23H25N5O/c1-29-19-8-6-17(7-9-19)10-12-24-22-14-23(28-16-27-22)25-13-11-18-15-26-21-5-3-2-4-20(18)21/h2-9,14-16,26H,10-13H2,1H3,(H2,24,25,27,28). The Morgan fingerprint density at radius 3 is 2.38 bits per heavy atom.